The molecule has 17 heavy (non-hydrogen) atoms. The Morgan fingerprint density at radius 2 is 2.12 bits per heavy atom. The van der Waals surface area contributed by atoms with Gasteiger partial charge < -0.3 is 10.4 Å². The minimum Gasteiger partial charge on any atom is -0.390 e. The summed E-state index contributed by atoms with van der Waals surface area (Å²) in [6.45, 7) is -0.142. The number of aliphatic hydroxyl groups excluding tert-OH is 1. The Labute approximate surface area is 106 Å². The molecule has 0 aliphatic heterocycles. The largest absolute Gasteiger partial charge is 0.390 e. The van der Waals surface area contributed by atoms with Crippen LogP contribution in [0, 0.1) is 5.82 Å². The first-order chi connectivity index (χ1) is 7.85. The van der Waals surface area contributed by atoms with Gasteiger partial charge in [0.2, 0.25) is 0 Å². The topological polar surface area (TPSA) is 32.3 Å². The highest BCUT2D eigenvalue weighted by atomic mass is 79.9. The summed E-state index contributed by atoms with van der Waals surface area (Å²) < 4.78 is 39.0. The molecule has 0 saturated heterocycles. The molecule has 0 amide bonds. The zero-order valence-electron chi connectivity index (χ0n) is 9.18. The van der Waals surface area contributed by atoms with E-state index in [9.17, 15) is 13.2 Å². The molecule has 2 nitrogen and oxygen atoms in total. The van der Waals surface area contributed by atoms with Crippen molar-refractivity contribution in [2.45, 2.75) is 18.9 Å². The van der Waals surface area contributed by atoms with E-state index in [-0.39, 0.29) is 6.04 Å². The Hall–Kier alpha value is -0.590. The number of hydrogen-bond acceptors (Lipinski definition) is 2. The Balaban J connectivity index is 2.67. The van der Waals surface area contributed by atoms with Crippen molar-refractivity contribution in [3.8, 4) is 0 Å². The maximum Gasteiger partial charge on any atom is 0.282 e. The summed E-state index contributed by atoms with van der Waals surface area (Å²) in [6, 6.07) is 3.69. The highest BCUT2D eigenvalue weighted by molar-refractivity contribution is 9.10. The third kappa shape index (κ3) is 4.29. The van der Waals surface area contributed by atoms with E-state index >= 15 is 0 Å². The van der Waals surface area contributed by atoms with E-state index in [2.05, 4.69) is 21.2 Å². The highest BCUT2D eigenvalue weighted by Gasteiger charge is 2.28. The van der Waals surface area contributed by atoms with E-state index in [1.165, 1.54) is 18.2 Å². The van der Waals surface area contributed by atoms with Gasteiger partial charge >= 0.3 is 0 Å². The predicted octanol–water partition coefficient (Wildman–Crippen LogP) is 2.87. The first-order valence-electron chi connectivity index (χ1n) is 5.03. The maximum absolute atomic E-state index is 12.8. The van der Waals surface area contributed by atoms with Gasteiger partial charge in [-0.2, -0.15) is 0 Å². The second-order valence-corrected chi connectivity index (χ2v) is 4.64. The van der Waals surface area contributed by atoms with E-state index < -0.39 is 24.9 Å². The van der Waals surface area contributed by atoms with Gasteiger partial charge in [0, 0.05) is 10.5 Å². The van der Waals surface area contributed by atoms with Crippen LogP contribution < -0.4 is 5.32 Å². The number of rotatable bonds is 5. The molecular formula is C11H13BrF3NO. The smallest absolute Gasteiger partial charge is 0.282 e. The molecule has 0 radical (unpaired) electrons. The fraction of sp³-hybridized carbons (Fsp3) is 0.455. The lowest BCUT2D eigenvalue weighted by Crippen LogP contribution is -2.37. The van der Waals surface area contributed by atoms with Gasteiger partial charge in [-0.25, -0.2) is 13.2 Å². The molecule has 0 aliphatic carbocycles. The van der Waals surface area contributed by atoms with E-state index in [1.54, 1.807) is 6.92 Å². The molecule has 2 N–H and O–H groups in total. The molecule has 1 aromatic carbocycles. The molecule has 6 heteroatoms. The van der Waals surface area contributed by atoms with Crippen LogP contribution in [0.3, 0.4) is 0 Å². The van der Waals surface area contributed by atoms with Gasteiger partial charge in [-0.05, 0) is 24.6 Å². The molecule has 1 rings (SSSR count). The molecule has 96 valence electrons. The van der Waals surface area contributed by atoms with Crippen molar-refractivity contribution in [3.63, 3.8) is 0 Å². The maximum atomic E-state index is 12.8. The van der Waals surface area contributed by atoms with Gasteiger partial charge in [-0.1, -0.05) is 22.0 Å². The van der Waals surface area contributed by atoms with Crippen LogP contribution in [0.2, 0.25) is 0 Å². The van der Waals surface area contributed by atoms with Crippen LogP contribution in [-0.2, 0) is 0 Å². The fourth-order valence-corrected chi connectivity index (χ4v) is 2.02. The third-order valence-corrected chi connectivity index (χ3v) is 3.01. The van der Waals surface area contributed by atoms with Gasteiger partial charge in [-0.15, -0.1) is 0 Å². The van der Waals surface area contributed by atoms with Crippen molar-refractivity contribution in [2.75, 3.05) is 13.2 Å². The van der Waals surface area contributed by atoms with E-state index in [4.69, 9.17) is 5.11 Å². The lowest BCUT2D eigenvalue weighted by molar-refractivity contribution is -0.0490. The lowest BCUT2D eigenvalue weighted by atomic mass is 10.1. The second-order valence-electron chi connectivity index (χ2n) is 3.78. The minimum absolute atomic E-state index is 0.373. The van der Waals surface area contributed by atoms with Crippen LogP contribution in [0.1, 0.15) is 18.5 Å². The number of benzene rings is 1. The summed E-state index contributed by atoms with van der Waals surface area (Å²) in [7, 11) is 0. The molecule has 0 heterocycles. The van der Waals surface area contributed by atoms with E-state index in [1.807, 2.05) is 0 Å². The first-order valence-corrected chi connectivity index (χ1v) is 5.82. The Bertz CT molecular complexity index is 387. The summed E-state index contributed by atoms with van der Waals surface area (Å²) in [5.41, 5.74) is 0.681. The van der Waals surface area contributed by atoms with Crippen molar-refractivity contribution >= 4 is 15.9 Å². The molecule has 1 atom stereocenters. The summed E-state index contributed by atoms with van der Waals surface area (Å²) >= 11 is 3.17. The summed E-state index contributed by atoms with van der Waals surface area (Å²) in [6.07, 6.45) is 0. The van der Waals surface area contributed by atoms with Crippen LogP contribution in [0.5, 0.6) is 0 Å². The quantitative estimate of drug-likeness (QED) is 0.876. The number of hydrogen-bond donors (Lipinski definition) is 2. The van der Waals surface area contributed by atoms with Gasteiger partial charge in [-0.3, -0.25) is 0 Å². The third-order valence-electron chi connectivity index (χ3n) is 2.33. The Kier molecular flexibility index (Phi) is 4.97. The normalized spacial score (nSPS) is 13.8. The molecule has 0 spiro atoms. The predicted molar refractivity (Wildman–Crippen MR) is 62.6 cm³/mol. The fourth-order valence-electron chi connectivity index (χ4n) is 1.32. The zero-order chi connectivity index (χ0) is 13.1. The highest BCUT2D eigenvalue weighted by Crippen LogP contribution is 2.24. The van der Waals surface area contributed by atoms with Gasteiger partial charge in [0.25, 0.3) is 5.92 Å². The second kappa shape index (κ2) is 5.84. The molecule has 0 aromatic heterocycles. The molecule has 1 aromatic rings. The number of alkyl halides is 2. The molecule has 0 bridgehead atoms. The van der Waals surface area contributed by atoms with Crippen molar-refractivity contribution in [2.24, 2.45) is 0 Å². The standard InChI is InChI=1S/C11H13BrF3NO/c1-7(16-5-11(14,15)6-17)9-3-2-8(13)4-10(9)12/h2-4,7,16-17H,5-6H2,1H3. The Morgan fingerprint density at radius 3 is 2.65 bits per heavy atom. The first kappa shape index (κ1) is 14.5. The lowest BCUT2D eigenvalue weighted by Gasteiger charge is -2.20. The summed E-state index contributed by atoms with van der Waals surface area (Å²) in [5, 5.41) is 11.0. The summed E-state index contributed by atoms with van der Waals surface area (Å²) in [4.78, 5) is 0. The van der Waals surface area contributed by atoms with Crippen molar-refractivity contribution in [1.29, 1.82) is 0 Å². The summed E-state index contributed by atoms with van der Waals surface area (Å²) in [5.74, 6) is -3.55. The SMILES string of the molecule is CC(NCC(F)(F)CO)c1ccc(F)cc1Br. The van der Waals surface area contributed by atoms with Crippen LogP contribution in [-0.4, -0.2) is 24.2 Å². The average Bonchev–Trinajstić information content (AvgIpc) is 2.26. The Morgan fingerprint density at radius 1 is 1.47 bits per heavy atom. The van der Waals surface area contributed by atoms with Gasteiger partial charge in [0.15, 0.2) is 0 Å². The molecule has 0 saturated carbocycles. The van der Waals surface area contributed by atoms with E-state index in [0.29, 0.717) is 10.0 Å². The average molecular weight is 312 g/mol. The molecule has 0 aliphatic rings. The van der Waals surface area contributed by atoms with Crippen molar-refractivity contribution in [1.82, 2.24) is 5.32 Å². The molecular weight excluding hydrogens is 299 g/mol. The number of halogens is 4. The van der Waals surface area contributed by atoms with Crippen LogP contribution in [0.4, 0.5) is 13.2 Å². The van der Waals surface area contributed by atoms with Gasteiger partial charge in [0.1, 0.15) is 12.4 Å². The molecule has 1 unspecified atom stereocenters. The number of nitrogens with one attached hydrogen (secondary N) is 1. The van der Waals surface area contributed by atoms with Crippen LogP contribution in [0.15, 0.2) is 22.7 Å². The van der Waals surface area contributed by atoms with Crippen LogP contribution in [0.25, 0.3) is 0 Å². The van der Waals surface area contributed by atoms with Gasteiger partial charge in [0.05, 0.1) is 6.54 Å². The van der Waals surface area contributed by atoms with Crippen molar-refractivity contribution < 1.29 is 18.3 Å². The van der Waals surface area contributed by atoms with Crippen LogP contribution >= 0.6 is 15.9 Å². The van der Waals surface area contributed by atoms with E-state index in [0.717, 1.165) is 0 Å². The monoisotopic (exact) mass is 311 g/mol. The minimum atomic E-state index is -3.15. The number of aliphatic hydroxyl groups is 1. The molecule has 0 fully saturated rings. The van der Waals surface area contributed by atoms with Crippen molar-refractivity contribution in [3.05, 3.63) is 34.1 Å². The zero-order valence-corrected chi connectivity index (χ0v) is 10.8.